The van der Waals surface area contributed by atoms with Crippen molar-refractivity contribution in [2.75, 3.05) is 18.9 Å². The monoisotopic (exact) mass is 422 g/mol. The minimum absolute atomic E-state index is 0.234. The van der Waals surface area contributed by atoms with Gasteiger partial charge >= 0.3 is 0 Å². The van der Waals surface area contributed by atoms with Crippen molar-refractivity contribution in [3.8, 4) is 16.3 Å². The zero-order valence-electron chi connectivity index (χ0n) is 15.7. The van der Waals surface area contributed by atoms with E-state index in [-0.39, 0.29) is 5.91 Å². The van der Waals surface area contributed by atoms with Crippen molar-refractivity contribution < 1.29 is 4.79 Å². The van der Waals surface area contributed by atoms with E-state index in [4.69, 9.17) is 0 Å². The standard InChI is InChI=1S/C20H18N6OS2/c1-25-8-7-15-17(11-25)29-20(23-15)24-18(27)16-12-28-19(22-16)13-9-21-26(10-13)14-5-3-2-4-6-14/h2-6,9-10,12H,7-8,11H2,1H3,(H,23,24,27). The number of carbonyl (C=O) groups excluding carboxylic acids is 1. The third-order valence-corrected chi connectivity index (χ3v) is 6.62. The lowest BCUT2D eigenvalue weighted by Crippen LogP contribution is -2.25. The Kier molecular flexibility index (Phi) is 4.70. The lowest BCUT2D eigenvalue weighted by atomic mass is 10.2. The molecule has 7 nitrogen and oxygen atoms in total. The zero-order valence-corrected chi connectivity index (χ0v) is 17.3. The fourth-order valence-electron chi connectivity index (χ4n) is 3.20. The van der Waals surface area contributed by atoms with E-state index in [1.165, 1.54) is 16.2 Å². The fourth-order valence-corrected chi connectivity index (χ4v) is 5.06. The highest BCUT2D eigenvalue weighted by molar-refractivity contribution is 7.16. The van der Waals surface area contributed by atoms with Crippen LogP contribution in [0, 0.1) is 0 Å². The van der Waals surface area contributed by atoms with Gasteiger partial charge in [-0.15, -0.1) is 22.7 Å². The molecule has 5 rings (SSSR count). The number of hydrogen-bond donors (Lipinski definition) is 1. The molecule has 4 aromatic rings. The van der Waals surface area contributed by atoms with E-state index in [1.807, 2.05) is 36.5 Å². The van der Waals surface area contributed by atoms with Crippen molar-refractivity contribution in [2.45, 2.75) is 13.0 Å². The number of likely N-dealkylation sites (N-methyl/N-ethyl adjacent to an activating group) is 1. The molecule has 4 heterocycles. The van der Waals surface area contributed by atoms with Crippen LogP contribution in [0.4, 0.5) is 5.13 Å². The molecule has 29 heavy (non-hydrogen) atoms. The van der Waals surface area contributed by atoms with Gasteiger partial charge in [0, 0.05) is 41.5 Å². The molecule has 0 bridgehead atoms. The minimum atomic E-state index is -0.234. The van der Waals surface area contributed by atoms with E-state index in [9.17, 15) is 4.79 Å². The number of benzene rings is 1. The van der Waals surface area contributed by atoms with Gasteiger partial charge < -0.3 is 4.90 Å². The molecular weight excluding hydrogens is 404 g/mol. The van der Waals surface area contributed by atoms with Gasteiger partial charge in [0.05, 0.1) is 17.6 Å². The highest BCUT2D eigenvalue weighted by atomic mass is 32.1. The van der Waals surface area contributed by atoms with E-state index in [1.54, 1.807) is 27.6 Å². The molecule has 1 amide bonds. The van der Waals surface area contributed by atoms with Gasteiger partial charge in [-0.3, -0.25) is 10.1 Å². The number of nitrogens with zero attached hydrogens (tertiary/aromatic N) is 5. The molecule has 3 aromatic heterocycles. The second kappa shape index (κ2) is 7.51. The van der Waals surface area contributed by atoms with Crippen LogP contribution in [0.5, 0.6) is 0 Å². The smallest absolute Gasteiger partial charge is 0.276 e. The number of aromatic nitrogens is 4. The second-order valence-corrected chi connectivity index (χ2v) is 8.82. The fraction of sp³-hybridized carbons (Fsp3) is 0.200. The average Bonchev–Trinajstić information content (AvgIpc) is 3.47. The first kappa shape index (κ1) is 18.2. The molecule has 0 unspecified atom stereocenters. The summed E-state index contributed by atoms with van der Waals surface area (Å²) < 4.78 is 1.80. The molecule has 1 aliphatic rings. The summed E-state index contributed by atoms with van der Waals surface area (Å²) in [6, 6.07) is 9.89. The lowest BCUT2D eigenvalue weighted by Gasteiger charge is -2.20. The van der Waals surface area contributed by atoms with Gasteiger partial charge in [-0.25, -0.2) is 14.6 Å². The third kappa shape index (κ3) is 3.71. The molecule has 1 aliphatic heterocycles. The van der Waals surface area contributed by atoms with Gasteiger partial charge in [0.25, 0.3) is 5.91 Å². The normalized spacial score (nSPS) is 14.0. The Morgan fingerprint density at radius 2 is 2.07 bits per heavy atom. The number of rotatable bonds is 4. The maximum absolute atomic E-state index is 12.6. The van der Waals surface area contributed by atoms with Crippen molar-refractivity contribution in [1.82, 2.24) is 24.6 Å². The number of para-hydroxylation sites is 1. The van der Waals surface area contributed by atoms with Gasteiger partial charge in [-0.2, -0.15) is 5.10 Å². The van der Waals surface area contributed by atoms with E-state index >= 15 is 0 Å². The molecule has 0 atom stereocenters. The zero-order chi connectivity index (χ0) is 19.8. The van der Waals surface area contributed by atoms with Gasteiger partial charge in [0.2, 0.25) is 0 Å². The SMILES string of the molecule is CN1CCc2nc(NC(=O)c3csc(-c4cnn(-c5ccccc5)c4)n3)sc2C1. The maximum atomic E-state index is 12.6. The number of amides is 1. The molecular formula is C20H18N6OS2. The van der Waals surface area contributed by atoms with Gasteiger partial charge in [-0.05, 0) is 19.2 Å². The molecule has 1 aromatic carbocycles. The van der Waals surface area contributed by atoms with Crippen LogP contribution in [-0.4, -0.2) is 44.1 Å². The molecule has 146 valence electrons. The summed E-state index contributed by atoms with van der Waals surface area (Å²) in [5.74, 6) is -0.234. The summed E-state index contributed by atoms with van der Waals surface area (Å²) in [6.45, 7) is 1.88. The van der Waals surface area contributed by atoms with E-state index in [0.717, 1.165) is 41.5 Å². The first-order chi connectivity index (χ1) is 14.2. The van der Waals surface area contributed by atoms with Crippen LogP contribution in [0.15, 0.2) is 48.1 Å². The van der Waals surface area contributed by atoms with Crippen molar-refractivity contribution >= 4 is 33.7 Å². The second-order valence-electron chi connectivity index (χ2n) is 6.88. The van der Waals surface area contributed by atoms with Crippen LogP contribution in [0.2, 0.25) is 0 Å². The van der Waals surface area contributed by atoms with Crippen LogP contribution in [0.3, 0.4) is 0 Å². The van der Waals surface area contributed by atoms with Gasteiger partial charge in [0.1, 0.15) is 10.7 Å². The number of nitrogens with one attached hydrogen (secondary N) is 1. The van der Waals surface area contributed by atoms with Crippen molar-refractivity contribution in [3.05, 3.63) is 64.4 Å². The highest BCUT2D eigenvalue weighted by Gasteiger charge is 2.20. The molecule has 0 spiro atoms. The molecule has 0 radical (unpaired) electrons. The Morgan fingerprint density at radius 3 is 2.93 bits per heavy atom. The Hall–Kier alpha value is -2.88. The summed E-state index contributed by atoms with van der Waals surface area (Å²) in [5, 5.41) is 10.5. The molecule has 0 aliphatic carbocycles. The molecule has 0 fully saturated rings. The highest BCUT2D eigenvalue weighted by Crippen LogP contribution is 2.29. The first-order valence-corrected chi connectivity index (χ1v) is 10.9. The first-order valence-electron chi connectivity index (χ1n) is 9.20. The summed E-state index contributed by atoms with van der Waals surface area (Å²) in [6.07, 6.45) is 4.60. The van der Waals surface area contributed by atoms with E-state index in [2.05, 4.69) is 32.3 Å². The number of fused-ring (bicyclic) bond motifs is 1. The predicted octanol–water partition coefficient (Wildman–Crippen LogP) is 3.69. The Balaban J connectivity index is 1.31. The molecule has 9 heteroatoms. The Labute approximate surface area is 175 Å². The Morgan fingerprint density at radius 1 is 1.21 bits per heavy atom. The summed E-state index contributed by atoms with van der Waals surface area (Å²) in [5.41, 5.74) is 3.34. The third-order valence-electron chi connectivity index (χ3n) is 4.73. The minimum Gasteiger partial charge on any atom is -0.301 e. The van der Waals surface area contributed by atoms with Gasteiger partial charge in [0.15, 0.2) is 5.13 Å². The van der Waals surface area contributed by atoms with Crippen molar-refractivity contribution in [1.29, 1.82) is 0 Å². The number of carbonyl (C=O) groups is 1. The topological polar surface area (TPSA) is 75.9 Å². The Bertz CT molecular complexity index is 1160. The van der Waals surface area contributed by atoms with Crippen LogP contribution < -0.4 is 5.32 Å². The molecule has 0 saturated heterocycles. The number of thiazole rings is 2. The van der Waals surface area contributed by atoms with Crippen LogP contribution in [-0.2, 0) is 13.0 Å². The quantitative estimate of drug-likeness (QED) is 0.543. The maximum Gasteiger partial charge on any atom is 0.276 e. The van der Waals surface area contributed by atoms with Crippen molar-refractivity contribution in [3.63, 3.8) is 0 Å². The van der Waals surface area contributed by atoms with E-state index < -0.39 is 0 Å². The lowest BCUT2D eigenvalue weighted by molar-refractivity contribution is 0.102. The van der Waals surface area contributed by atoms with Gasteiger partial charge in [-0.1, -0.05) is 18.2 Å². The number of anilines is 1. The van der Waals surface area contributed by atoms with Crippen molar-refractivity contribution in [2.24, 2.45) is 0 Å². The summed E-state index contributed by atoms with van der Waals surface area (Å²) in [4.78, 5) is 25.2. The molecule has 1 N–H and O–H groups in total. The number of hydrogen-bond acceptors (Lipinski definition) is 7. The van der Waals surface area contributed by atoms with E-state index in [0.29, 0.717) is 10.8 Å². The van der Waals surface area contributed by atoms with Crippen LogP contribution in [0.25, 0.3) is 16.3 Å². The van der Waals surface area contributed by atoms with Crippen LogP contribution in [0.1, 0.15) is 21.1 Å². The summed E-state index contributed by atoms with van der Waals surface area (Å²) in [7, 11) is 2.09. The molecule has 0 saturated carbocycles. The van der Waals surface area contributed by atoms with Crippen LogP contribution >= 0.6 is 22.7 Å². The largest absolute Gasteiger partial charge is 0.301 e. The predicted molar refractivity (Wildman–Crippen MR) is 115 cm³/mol. The summed E-state index contributed by atoms with van der Waals surface area (Å²) >= 11 is 2.97. The average molecular weight is 423 g/mol.